The van der Waals surface area contributed by atoms with Crippen LogP contribution in [0.15, 0.2) is 12.4 Å². The molecule has 1 saturated heterocycles. The molecule has 5 nitrogen and oxygen atoms in total. The van der Waals surface area contributed by atoms with E-state index in [1.54, 1.807) is 6.20 Å². The van der Waals surface area contributed by atoms with Crippen LogP contribution in [0.3, 0.4) is 0 Å². The fourth-order valence-electron chi connectivity index (χ4n) is 1.99. The van der Waals surface area contributed by atoms with E-state index >= 15 is 0 Å². The van der Waals surface area contributed by atoms with Crippen LogP contribution in [0.5, 0.6) is 0 Å². The van der Waals surface area contributed by atoms with Gasteiger partial charge >= 0.3 is 0 Å². The summed E-state index contributed by atoms with van der Waals surface area (Å²) >= 11 is 0. The van der Waals surface area contributed by atoms with Gasteiger partial charge in [0.15, 0.2) is 0 Å². The zero-order valence-electron chi connectivity index (χ0n) is 11.0. The van der Waals surface area contributed by atoms with Crippen molar-refractivity contribution in [1.82, 2.24) is 20.6 Å². The molecule has 0 aromatic carbocycles. The first-order chi connectivity index (χ1) is 8.16. The Kier molecular flexibility index (Phi) is 7.90. The number of carbonyl (C=O) groups excluding carboxylic acids is 1. The second-order valence-electron chi connectivity index (χ2n) is 4.51. The summed E-state index contributed by atoms with van der Waals surface area (Å²) in [7, 11) is 0. The van der Waals surface area contributed by atoms with Crippen LogP contribution in [0.1, 0.15) is 35.9 Å². The molecular formula is C12H20Cl2N4O. The minimum atomic E-state index is -0.141. The zero-order chi connectivity index (χ0) is 12.3. The Balaban J connectivity index is 0.00000162. The molecule has 1 aliphatic rings. The first-order valence-electron chi connectivity index (χ1n) is 5.99. The lowest BCUT2D eigenvalue weighted by Crippen LogP contribution is -2.52. The molecule has 2 atom stereocenters. The Morgan fingerprint density at radius 3 is 2.68 bits per heavy atom. The second kappa shape index (κ2) is 8.30. The average molecular weight is 307 g/mol. The molecular weight excluding hydrogens is 287 g/mol. The normalized spacial score (nSPS) is 21.8. The highest BCUT2D eigenvalue weighted by Gasteiger charge is 2.23. The fraction of sp³-hybridized carbons (Fsp3) is 0.583. The summed E-state index contributed by atoms with van der Waals surface area (Å²) in [4.78, 5) is 20.1. The Labute approximate surface area is 125 Å². The fourth-order valence-corrected chi connectivity index (χ4v) is 1.99. The molecule has 0 saturated carbocycles. The van der Waals surface area contributed by atoms with Gasteiger partial charge in [0, 0.05) is 18.3 Å². The van der Waals surface area contributed by atoms with Gasteiger partial charge in [-0.1, -0.05) is 0 Å². The number of nitrogens with zero attached hydrogens (tertiary/aromatic N) is 2. The lowest BCUT2D eigenvalue weighted by molar-refractivity contribution is 0.0914. The number of carbonyl (C=O) groups is 1. The van der Waals surface area contributed by atoms with E-state index in [0.29, 0.717) is 11.7 Å². The van der Waals surface area contributed by atoms with Gasteiger partial charge in [-0.25, -0.2) is 4.98 Å². The van der Waals surface area contributed by atoms with Gasteiger partial charge in [0.1, 0.15) is 5.69 Å². The van der Waals surface area contributed by atoms with Crippen LogP contribution in [-0.2, 0) is 0 Å². The molecule has 1 amide bonds. The van der Waals surface area contributed by atoms with Crippen molar-refractivity contribution in [2.24, 2.45) is 0 Å². The number of amides is 1. The maximum atomic E-state index is 11.9. The van der Waals surface area contributed by atoms with Gasteiger partial charge in [-0.05, 0) is 33.2 Å². The molecule has 0 spiro atoms. The van der Waals surface area contributed by atoms with Gasteiger partial charge in [0.2, 0.25) is 0 Å². The third-order valence-corrected chi connectivity index (χ3v) is 3.09. The monoisotopic (exact) mass is 306 g/mol. The SMILES string of the molecule is Cc1cnc(C(=O)NC2CCCNC2C)cn1.Cl.Cl. The van der Waals surface area contributed by atoms with Crippen molar-refractivity contribution in [3.8, 4) is 0 Å². The molecule has 2 rings (SSSR count). The number of hydrogen-bond acceptors (Lipinski definition) is 4. The number of rotatable bonds is 2. The van der Waals surface area contributed by atoms with Crippen LogP contribution in [-0.4, -0.2) is 34.5 Å². The minimum absolute atomic E-state index is 0. The molecule has 1 aromatic rings. The predicted molar refractivity (Wildman–Crippen MR) is 79.2 cm³/mol. The van der Waals surface area contributed by atoms with Gasteiger partial charge in [-0.2, -0.15) is 0 Å². The molecule has 2 unspecified atom stereocenters. The lowest BCUT2D eigenvalue weighted by atomic mass is 10.00. The maximum absolute atomic E-state index is 11.9. The first-order valence-corrected chi connectivity index (χ1v) is 5.99. The number of nitrogens with one attached hydrogen (secondary N) is 2. The summed E-state index contributed by atoms with van der Waals surface area (Å²) < 4.78 is 0. The summed E-state index contributed by atoms with van der Waals surface area (Å²) in [5, 5.41) is 6.35. The Morgan fingerprint density at radius 1 is 1.37 bits per heavy atom. The molecule has 1 aromatic heterocycles. The molecule has 0 bridgehead atoms. The van der Waals surface area contributed by atoms with E-state index in [9.17, 15) is 4.79 Å². The summed E-state index contributed by atoms with van der Waals surface area (Å²) in [6.45, 7) is 4.96. The number of hydrogen-bond donors (Lipinski definition) is 2. The van der Waals surface area contributed by atoms with E-state index in [1.165, 1.54) is 6.20 Å². The number of aromatic nitrogens is 2. The molecule has 108 valence electrons. The van der Waals surface area contributed by atoms with Crippen LogP contribution in [0, 0.1) is 6.92 Å². The molecule has 1 aliphatic heterocycles. The van der Waals surface area contributed by atoms with Crippen molar-refractivity contribution in [3.63, 3.8) is 0 Å². The number of aryl methyl sites for hydroxylation is 1. The highest BCUT2D eigenvalue weighted by atomic mass is 35.5. The Bertz CT molecular complexity index is 399. The predicted octanol–water partition coefficient (Wildman–Crippen LogP) is 1.50. The van der Waals surface area contributed by atoms with Crippen LogP contribution in [0.2, 0.25) is 0 Å². The van der Waals surface area contributed by atoms with Crippen molar-refractivity contribution in [2.75, 3.05) is 6.54 Å². The Hall–Kier alpha value is -0.910. The molecule has 2 N–H and O–H groups in total. The van der Waals surface area contributed by atoms with E-state index in [0.717, 1.165) is 25.1 Å². The molecule has 2 heterocycles. The Morgan fingerprint density at radius 2 is 2.11 bits per heavy atom. The lowest BCUT2D eigenvalue weighted by Gasteiger charge is -2.30. The van der Waals surface area contributed by atoms with Crippen LogP contribution >= 0.6 is 24.8 Å². The summed E-state index contributed by atoms with van der Waals surface area (Å²) in [6, 6.07) is 0.491. The van der Waals surface area contributed by atoms with Gasteiger partial charge in [0.25, 0.3) is 5.91 Å². The van der Waals surface area contributed by atoms with Crippen molar-refractivity contribution in [3.05, 3.63) is 23.8 Å². The largest absolute Gasteiger partial charge is 0.346 e. The topological polar surface area (TPSA) is 66.9 Å². The second-order valence-corrected chi connectivity index (χ2v) is 4.51. The molecule has 19 heavy (non-hydrogen) atoms. The first kappa shape index (κ1) is 18.1. The molecule has 0 radical (unpaired) electrons. The third-order valence-electron chi connectivity index (χ3n) is 3.09. The van der Waals surface area contributed by atoms with Crippen LogP contribution < -0.4 is 10.6 Å². The van der Waals surface area contributed by atoms with Crippen LogP contribution in [0.25, 0.3) is 0 Å². The van der Waals surface area contributed by atoms with Crippen molar-refractivity contribution >= 4 is 30.7 Å². The minimum Gasteiger partial charge on any atom is -0.346 e. The van der Waals surface area contributed by atoms with Gasteiger partial charge in [-0.15, -0.1) is 24.8 Å². The van der Waals surface area contributed by atoms with Gasteiger partial charge < -0.3 is 10.6 Å². The summed E-state index contributed by atoms with van der Waals surface area (Å²) in [6.07, 6.45) is 5.23. The zero-order valence-corrected chi connectivity index (χ0v) is 12.7. The molecule has 0 aliphatic carbocycles. The molecule has 1 fully saturated rings. The number of halogens is 2. The third kappa shape index (κ3) is 4.93. The smallest absolute Gasteiger partial charge is 0.271 e. The quantitative estimate of drug-likeness (QED) is 0.869. The van der Waals surface area contributed by atoms with E-state index in [4.69, 9.17) is 0 Å². The van der Waals surface area contributed by atoms with Crippen molar-refractivity contribution in [1.29, 1.82) is 0 Å². The molecule has 7 heteroatoms. The van der Waals surface area contributed by atoms with E-state index in [-0.39, 0.29) is 36.8 Å². The van der Waals surface area contributed by atoms with Crippen LogP contribution in [0.4, 0.5) is 0 Å². The highest BCUT2D eigenvalue weighted by Crippen LogP contribution is 2.08. The van der Waals surface area contributed by atoms with Gasteiger partial charge in [0.05, 0.1) is 11.9 Å². The standard InChI is InChI=1S/C12H18N4O.2ClH/c1-8-6-15-11(7-14-8)12(17)16-10-4-3-5-13-9(10)2;;/h6-7,9-10,13H,3-5H2,1-2H3,(H,16,17);2*1H. The number of piperidine rings is 1. The van der Waals surface area contributed by atoms with E-state index < -0.39 is 0 Å². The van der Waals surface area contributed by atoms with Gasteiger partial charge in [-0.3, -0.25) is 9.78 Å². The summed E-state index contributed by atoms with van der Waals surface area (Å²) in [5.74, 6) is -0.141. The highest BCUT2D eigenvalue weighted by molar-refractivity contribution is 5.92. The van der Waals surface area contributed by atoms with Crippen molar-refractivity contribution < 1.29 is 4.79 Å². The summed E-state index contributed by atoms with van der Waals surface area (Å²) in [5.41, 5.74) is 1.20. The van der Waals surface area contributed by atoms with E-state index in [1.807, 2.05) is 6.92 Å². The van der Waals surface area contributed by atoms with Crippen molar-refractivity contribution in [2.45, 2.75) is 38.8 Å². The maximum Gasteiger partial charge on any atom is 0.271 e. The average Bonchev–Trinajstić information content (AvgIpc) is 2.33. The van der Waals surface area contributed by atoms with E-state index in [2.05, 4.69) is 27.5 Å².